The van der Waals surface area contributed by atoms with E-state index in [1.165, 1.54) is 77.7 Å². The lowest BCUT2D eigenvalue weighted by molar-refractivity contribution is -0.0203. The Kier molecular flexibility index (Phi) is 23.7. The fourth-order valence-electron chi connectivity index (χ4n) is 3.19. The van der Waals surface area contributed by atoms with Gasteiger partial charge in [0.05, 0.1) is 26.4 Å². The molecule has 8 heteroatoms. The van der Waals surface area contributed by atoms with Crippen LogP contribution in [0.2, 0.25) is 0 Å². The number of hydrogen-bond acceptors (Lipinski definition) is 6. The average molecular weight is 480 g/mol. The van der Waals surface area contributed by atoms with Gasteiger partial charge in [-0.3, -0.25) is 9.05 Å². The standard InChI is InChI=1S/C24H50NO6P/c1-4-5-6-7-8-9-10-11-12-13-14-15-16-17-18-20-29-22-24(28-3)23-31-32(26,27)30-21-19-25-2/h16-17,24-25H,4-15,18-23H2,1-3H3,(H,26,27). The first-order valence-corrected chi connectivity index (χ1v) is 14.1. The molecule has 0 rings (SSSR count). The Morgan fingerprint density at radius 3 is 2.03 bits per heavy atom. The van der Waals surface area contributed by atoms with Crippen LogP contribution in [0.4, 0.5) is 0 Å². The third kappa shape index (κ3) is 22.9. The summed E-state index contributed by atoms with van der Waals surface area (Å²) in [5, 5.41) is 2.83. The molecular weight excluding hydrogens is 429 g/mol. The number of methoxy groups -OCH3 is 1. The molecule has 32 heavy (non-hydrogen) atoms. The molecule has 0 radical (unpaired) electrons. The van der Waals surface area contributed by atoms with Crippen molar-refractivity contribution in [2.75, 3.05) is 47.1 Å². The molecule has 2 N–H and O–H groups in total. The molecule has 0 bridgehead atoms. The predicted octanol–water partition coefficient (Wildman–Crippen LogP) is 6.02. The molecule has 2 atom stereocenters. The predicted molar refractivity (Wildman–Crippen MR) is 132 cm³/mol. The summed E-state index contributed by atoms with van der Waals surface area (Å²) in [6.45, 7) is 3.67. The highest BCUT2D eigenvalue weighted by Gasteiger charge is 2.23. The van der Waals surface area contributed by atoms with Crippen molar-refractivity contribution in [1.82, 2.24) is 5.32 Å². The van der Waals surface area contributed by atoms with Gasteiger partial charge in [0.15, 0.2) is 0 Å². The number of likely N-dealkylation sites (N-methyl/N-ethyl adjacent to an activating group) is 1. The van der Waals surface area contributed by atoms with Gasteiger partial charge in [0.25, 0.3) is 0 Å². The van der Waals surface area contributed by atoms with Crippen molar-refractivity contribution >= 4 is 7.82 Å². The highest BCUT2D eigenvalue weighted by atomic mass is 31.2. The van der Waals surface area contributed by atoms with Crippen molar-refractivity contribution in [3.05, 3.63) is 12.2 Å². The van der Waals surface area contributed by atoms with E-state index in [0.717, 1.165) is 12.8 Å². The number of allylic oxidation sites excluding steroid dienone is 1. The van der Waals surface area contributed by atoms with Gasteiger partial charge in [0.1, 0.15) is 6.10 Å². The first kappa shape index (κ1) is 31.7. The van der Waals surface area contributed by atoms with Crippen molar-refractivity contribution in [3.63, 3.8) is 0 Å². The minimum absolute atomic E-state index is 0.0570. The summed E-state index contributed by atoms with van der Waals surface area (Å²) in [7, 11) is -0.796. The smallest absolute Gasteiger partial charge is 0.378 e. The molecule has 0 saturated heterocycles. The summed E-state index contributed by atoms with van der Waals surface area (Å²) < 4.78 is 32.3. The third-order valence-corrected chi connectivity index (χ3v) is 6.22. The maximum absolute atomic E-state index is 11.7. The minimum atomic E-state index is -4.05. The van der Waals surface area contributed by atoms with Crippen LogP contribution < -0.4 is 5.32 Å². The summed E-state index contributed by atoms with van der Waals surface area (Å²) in [6, 6.07) is 0. The third-order valence-electron chi connectivity index (χ3n) is 5.24. The Bertz CT molecular complexity index is 464. The number of ether oxygens (including phenoxy) is 2. The first-order valence-electron chi connectivity index (χ1n) is 12.6. The lowest BCUT2D eigenvalue weighted by Gasteiger charge is -2.18. The van der Waals surface area contributed by atoms with Crippen molar-refractivity contribution in [2.45, 2.75) is 96.5 Å². The summed E-state index contributed by atoms with van der Waals surface area (Å²) >= 11 is 0. The van der Waals surface area contributed by atoms with Crippen LogP contribution in [0.25, 0.3) is 0 Å². The van der Waals surface area contributed by atoms with Crippen LogP contribution in [0.3, 0.4) is 0 Å². The second-order valence-electron chi connectivity index (χ2n) is 8.22. The molecule has 0 fully saturated rings. The molecule has 0 aliphatic carbocycles. The van der Waals surface area contributed by atoms with E-state index in [4.69, 9.17) is 18.5 Å². The lowest BCUT2D eigenvalue weighted by Crippen LogP contribution is -2.24. The van der Waals surface area contributed by atoms with Gasteiger partial charge >= 0.3 is 7.82 Å². The summed E-state index contributed by atoms with van der Waals surface area (Å²) in [5.41, 5.74) is 0. The lowest BCUT2D eigenvalue weighted by atomic mass is 10.1. The van der Waals surface area contributed by atoms with Crippen LogP contribution >= 0.6 is 7.82 Å². The van der Waals surface area contributed by atoms with Gasteiger partial charge in [-0.15, -0.1) is 0 Å². The van der Waals surface area contributed by atoms with Gasteiger partial charge in [-0.2, -0.15) is 0 Å². The molecule has 192 valence electrons. The summed E-state index contributed by atoms with van der Waals surface area (Å²) in [5.74, 6) is 0. The average Bonchev–Trinajstić information content (AvgIpc) is 2.78. The van der Waals surface area contributed by atoms with E-state index in [0.29, 0.717) is 19.8 Å². The monoisotopic (exact) mass is 479 g/mol. The normalized spacial score (nSPS) is 14.8. The number of nitrogens with one attached hydrogen (secondary N) is 1. The van der Waals surface area contributed by atoms with E-state index >= 15 is 0 Å². The molecular formula is C24H50NO6P. The van der Waals surface area contributed by atoms with E-state index in [1.54, 1.807) is 7.05 Å². The number of phosphoric ester groups is 1. The Hall–Kier alpha value is -0.270. The maximum atomic E-state index is 11.7. The topological polar surface area (TPSA) is 86.3 Å². The van der Waals surface area contributed by atoms with Crippen molar-refractivity contribution in [2.24, 2.45) is 0 Å². The number of phosphoric acid groups is 1. The fourth-order valence-corrected chi connectivity index (χ4v) is 3.94. The molecule has 0 spiro atoms. The van der Waals surface area contributed by atoms with Gasteiger partial charge in [-0.05, 0) is 26.3 Å². The quantitative estimate of drug-likeness (QED) is 0.0941. The number of hydrogen-bond donors (Lipinski definition) is 2. The van der Waals surface area contributed by atoms with Gasteiger partial charge in [0.2, 0.25) is 0 Å². The van der Waals surface area contributed by atoms with Gasteiger partial charge < -0.3 is 19.7 Å². The van der Waals surface area contributed by atoms with Crippen molar-refractivity contribution in [3.8, 4) is 0 Å². The van der Waals surface area contributed by atoms with Crippen LogP contribution in [0.5, 0.6) is 0 Å². The Morgan fingerprint density at radius 1 is 0.844 bits per heavy atom. The van der Waals surface area contributed by atoms with E-state index in [2.05, 4.69) is 24.4 Å². The van der Waals surface area contributed by atoms with Crippen LogP contribution in [-0.4, -0.2) is 58.1 Å². The van der Waals surface area contributed by atoms with E-state index in [1.807, 2.05) is 0 Å². The van der Waals surface area contributed by atoms with Crippen molar-refractivity contribution in [1.29, 1.82) is 0 Å². The maximum Gasteiger partial charge on any atom is 0.472 e. The van der Waals surface area contributed by atoms with E-state index in [-0.39, 0.29) is 13.2 Å². The molecule has 7 nitrogen and oxygen atoms in total. The molecule has 0 saturated carbocycles. The zero-order chi connectivity index (χ0) is 23.8. The minimum Gasteiger partial charge on any atom is -0.378 e. The van der Waals surface area contributed by atoms with Crippen LogP contribution in [0.1, 0.15) is 90.4 Å². The molecule has 0 aliphatic heterocycles. The van der Waals surface area contributed by atoms with Crippen LogP contribution in [0, 0.1) is 0 Å². The SMILES string of the molecule is CCCCCCCCCCCCCC=CCCOCC(COP(=O)(O)OCCNC)OC. The number of rotatable bonds is 25. The Labute approximate surface area is 197 Å². The largest absolute Gasteiger partial charge is 0.472 e. The molecule has 0 aliphatic rings. The second kappa shape index (κ2) is 23.9. The Balaban J connectivity index is 3.51. The fraction of sp³-hybridized carbons (Fsp3) is 0.917. The molecule has 0 heterocycles. The summed E-state index contributed by atoms with van der Waals surface area (Å²) in [4.78, 5) is 9.58. The van der Waals surface area contributed by atoms with Crippen LogP contribution in [-0.2, 0) is 23.1 Å². The number of unbranched alkanes of at least 4 members (excludes halogenated alkanes) is 11. The highest BCUT2D eigenvalue weighted by molar-refractivity contribution is 7.47. The van der Waals surface area contributed by atoms with E-state index in [9.17, 15) is 9.46 Å². The van der Waals surface area contributed by atoms with Gasteiger partial charge in [-0.1, -0.05) is 83.3 Å². The first-order chi connectivity index (χ1) is 15.6. The molecule has 2 unspecified atom stereocenters. The van der Waals surface area contributed by atoms with Gasteiger partial charge in [0, 0.05) is 13.7 Å². The van der Waals surface area contributed by atoms with E-state index < -0.39 is 13.9 Å². The second-order valence-corrected chi connectivity index (χ2v) is 9.67. The molecule has 0 amide bonds. The molecule has 0 aromatic rings. The molecule has 0 aromatic heterocycles. The summed E-state index contributed by atoms with van der Waals surface area (Å²) in [6.07, 6.45) is 21.0. The highest BCUT2D eigenvalue weighted by Crippen LogP contribution is 2.43. The van der Waals surface area contributed by atoms with Crippen molar-refractivity contribution < 1.29 is 28.0 Å². The zero-order valence-electron chi connectivity index (χ0n) is 20.9. The Morgan fingerprint density at radius 2 is 1.44 bits per heavy atom. The van der Waals surface area contributed by atoms with Crippen LogP contribution in [0.15, 0.2) is 12.2 Å². The zero-order valence-corrected chi connectivity index (χ0v) is 21.8. The van der Waals surface area contributed by atoms with Gasteiger partial charge in [-0.25, -0.2) is 4.57 Å². The molecule has 0 aromatic carbocycles.